The SMILES string of the molecule is CCC(C)Nc1ccccc1C(=O)OC(C)CC. The Morgan fingerprint density at radius 1 is 1.22 bits per heavy atom. The molecule has 0 aliphatic carbocycles. The molecule has 1 N–H and O–H groups in total. The molecule has 0 spiro atoms. The van der Waals surface area contributed by atoms with Gasteiger partial charge in [0.2, 0.25) is 0 Å². The van der Waals surface area contributed by atoms with Crippen molar-refractivity contribution in [2.24, 2.45) is 0 Å². The van der Waals surface area contributed by atoms with Crippen LogP contribution < -0.4 is 5.32 Å². The first kappa shape index (κ1) is 14.6. The minimum atomic E-state index is -0.254. The van der Waals surface area contributed by atoms with Gasteiger partial charge in [0.1, 0.15) is 0 Å². The summed E-state index contributed by atoms with van der Waals surface area (Å²) in [5.74, 6) is -0.254. The van der Waals surface area contributed by atoms with E-state index in [0.717, 1.165) is 18.5 Å². The molecule has 1 aromatic rings. The number of esters is 1. The van der Waals surface area contributed by atoms with Crippen molar-refractivity contribution in [3.63, 3.8) is 0 Å². The van der Waals surface area contributed by atoms with Gasteiger partial charge in [0.05, 0.1) is 11.7 Å². The molecule has 2 unspecified atom stereocenters. The van der Waals surface area contributed by atoms with Crippen molar-refractivity contribution < 1.29 is 9.53 Å². The van der Waals surface area contributed by atoms with Gasteiger partial charge >= 0.3 is 5.97 Å². The summed E-state index contributed by atoms with van der Waals surface area (Å²) in [5.41, 5.74) is 1.46. The van der Waals surface area contributed by atoms with Gasteiger partial charge in [-0.15, -0.1) is 0 Å². The van der Waals surface area contributed by atoms with Crippen molar-refractivity contribution in [2.75, 3.05) is 5.32 Å². The maximum atomic E-state index is 12.0. The number of hydrogen-bond acceptors (Lipinski definition) is 3. The van der Waals surface area contributed by atoms with Gasteiger partial charge < -0.3 is 10.1 Å². The lowest BCUT2D eigenvalue weighted by molar-refractivity contribution is 0.0335. The fraction of sp³-hybridized carbons (Fsp3) is 0.533. The first-order valence-electron chi connectivity index (χ1n) is 6.65. The van der Waals surface area contributed by atoms with Gasteiger partial charge in [-0.3, -0.25) is 0 Å². The molecule has 2 atom stereocenters. The van der Waals surface area contributed by atoms with Gasteiger partial charge in [-0.2, -0.15) is 0 Å². The monoisotopic (exact) mass is 249 g/mol. The summed E-state index contributed by atoms with van der Waals surface area (Å²) in [4.78, 5) is 12.0. The number of benzene rings is 1. The van der Waals surface area contributed by atoms with Crippen molar-refractivity contribution in [3.05, 3.63) is 29.8 Å². The topological polar surface area (TPSA) is 38.3 Å². The Labute approximate surface area is 110 Å². The van der Waals surface area contributed by atoms with Crippen molar-refractivity contribution in [3.8, 4) is 0 Å². The van der Waals surface area contributed by atoms with E-state index < -0.39 is 0 Å². The van der Waals surface area contributed by atoms with Crippen LogP contribution in [0.3, 0.4) is 0 Å². The van der Waals surface area contributed by atoms with Gasteiger partial charge in [-0.1, -0.05) is 26.0 Å². The average molecular weight is 249 g/mol. The predicted molar refractivity (Wildman–Crippen MR) is 75.0 cm³/mol. The van der Waals surface area contributed by atoms with Crippen LogP contribution in [-0.2, 0) is 4.74 Å². The highest BCUT2D eigenvalue weighted by Gasteiger charge is 2.15. The van der Waals surface area contributed by atoms with E-state index in [-0.39, 0.29) is 12.1 Å². The Hall–Kier alpha value is -1.51. The van der Waals surface area contributed by atoms with Crippen molar-refractivity contribution in [1.29, 1.82) is 0 Å². The molecule has 0 amide bonds. The minimum absolute atomic E-state index is 0.0471. The third-order valence-electron chi connectivity index (χ3n) is 3.04. The number of carbonyl (C=O) groups is 1. The molecule has 18 heavy (non-hydrogen) atoms. The van der Waals surface area contributed by atoms with Gasteiger partial charge in [-0.25, -0.2) is 4.79 Å². The second kappa shape index (κ2) is 7.04. The molecule has 100 valence electrons. The zero-order valence-electron chi connectivity index (χ0n) is 11.7. The molecular weight excluding hydrogens is 226 g/mol. The van der Waals surface area contributed by atoms with Crippen LogP contribution >= 0.6 is 0 Å². The quantitative estimate of drug-likeness (QED) is 0.778. The maximum Gasteiger partial charge on any atom is 0.340 e. The summed E-state index contributed by atoms with van der Waals surface area (Å²) < 4.78 is 5.36. The highest BCUT2D eigenvalue weighted by atomic mass is 16.5. The maximum absolute atomic E-state index is 12.0. The van der Waals surface area contributed by atoms with Gasteiger partial charge in [0, 0.05) is 11.7 Å². The van der Waals surface area contributed by atoms with E-state index >= 15 is 0 Å². The van der Waals surface area contributed by atoms with Crippen LogP contribution in [0.4, 0.5) is 5.69 Å². The summed E-state index contributed by atoms with van der Waals surface area (Å²) >= 11 is 0. The third kappa shape index (κ3) is 4.06. The Morgan fingerprint density at radius 3 is 2.50 bits per heavy atom. The van der Waals surface area contributed by atoms with Crippen LogP contribution in [0.2, 0.25) is 0 Å². The minimum Gasteiger partial charge on any atom is -0.459 e. The number of carbonyl (C=O) groups excluding carboxylic acids is 1. The Kier molecular flexibility index (Phi) is 5.69. The van der Waals surface area contributed by atoms with E-state index in [2.05, 4.69) is 19.2 Å². The molecule has 1 aromatic carbocycles. The molecule has 0 radical (unpaired) electrons. The van der Waals surface area contributed by atoms with Crippen LogP contribution in [0, 0.1) is 0 Å². The number of ether oxygens (including phenoxy) is 1. The smallest absolute Gasteiger partial charge is 0.340 e. The molecule has 0 aliphatic heterocycles. The molecule has 0 aromatic heterocycles. The van der Waals surface area contributed by atoms with E-state index in [4.69, 9.17) is 4.74 Å². The molecule has 0 bridgehead atoms. The first-order chi connectivity index (χ1) is 8.58. The van der Waals surface area contributed by atoms with Crippen LogP contribution in [0.15, 0.2) is 24.3 Å². The van der Waals surface area contributed by atoms with Gasteiger partial charge in [0.25, 0.3) is 0 Å². The molecule has 0 saturated heterocycles. The van der Waals surface area contributed by atoms with E-state index in [0.29, 0.717) is 11.6 Å². The van der Waals surface area contributed by atoms with E-state index in [1.807, 2.05) is 32.0 Å². The van der Waals surface area contributed by atoms with Crippen molar-refractivity contribution in [2.45, 2.75) is 52.7 Å². The summed E-state index contributed by atoms with van der Waals surface area (Å²) in [6.07, 6.45) is 1.79. The molecule has 1 rings (SSSR count). The molecule has 0 aliphatic rings. The molecule has 3 nitrogen and oxygen atoms in total. The summed E-state index contributed by atoms with van der Waals surface area (Å²) in [6, 6.07) is 7.83. The Morgan fingerprint density at radius 2 is 1.89 bits per heavy atom. The van der Waals surface area contributed by atoms with Crippen LogP contribution in [0.1, 0.15) is 50.9 Å². The van der Waals surface area contributed by atoms with Crippen LogP contribution in [0.5, 0.6) is 0 Å². The number of para-hydroxylation sites is 1. The number of anilines is 1. The zero-order valence-corrected chi connectivity index (χ0v) is 11.7. The first-order valence-corrected chi connectivity index (χ1v) is 6.65. The molecule has 3 heteroatoms. The Balaban J connectivity index is 2.84. The van der Waals surface area contributed by atoms with Crippen LogP contribution in [-0.4, -0.2) is 18.1 Å². The van der Waals surface area contributed by atoms with Crippen molar-refractivity contribution in [1.82, 2.24) is 0 Å². The largest absolute Gasteiger partial charge is 0.459 e. The van der Waals surface area contributed by atoms with Gasteiger partial charge in [0.15, 0.2) is 0 Å². The number of rotatable bonds is 6. The molecule has 0 saturated carbocycles. The van der Waals surface area contributed by atoms with Crippen molar-refractivity contribution >= 4 is 11.7 Å². The lowest BCUT2D eigenvalue weighted by atomic mass is 10.1. The Bertz CT molecular complexity index is 390. The second-order valence-corrected chi connectivity index (χ2v) is 4.62. The third-order valence-corrected chi connectivity index (χ3v) is 3.04. The summed E-state index contributed by atoms with van der Waals surface area (Å²) in [7, 11) is 0. The van der Waals surface area contributed by atoms with Crippen LogP contribution in [0.25, 0.3) is 0 Å². The lowest BCUT2D eigenvalue weighted by Crippen LogP contribution is -2.19. The van der Waals surface area contributed by atoms with Gasteiger partial charge in [-0.05, 0) is 38.8 Å². The summed E-state index contributed by atoms with van der Waals surface area (Å²) in [5, 5.41) is 3.33. The molecular formula is C15H23NO2. The number of hydrogen-bond donors (Lipinski definition) is 1. The normalized spacial score (nSPS) is 13.8. The average Bonchev–Trinajstić information content (AvgIpc) is 2.38. The van der Waals surface area contributed by atoms with E-state index in [9.17, 15) is 4.79 Å². The zero-order chi connectivity index (χ0) is 13.5. The molecule has 0 fully saturated rings. The summed E-state index contributed by atoms with van der Waals surface area (Å²) in [6.45, 7) is 8.11. The molecule has 0 heterocycles. The van der Waals surface area contributed by atoms with E-state index in [1.165, 1.54) is 0 Å². The predicted octanol–water partition coefficient (Wildman–Crippen LogP) is 3.85. The second-order valence-electron chi connectivity index (χ2n) is 4.62. The van der Waals surface area contributed by atoms with E-state index in [1.54, 1.807) is 6.07 Å². The fourth-order valence-corrected chi connectivity index (χ4v) is 1.48. The highest BCUT2D eigenvalue weighted by molar-refractivity contribution is 5.95. The number of nitrogens with one attached hydrogen (secondary N) is 1. The lowest BCUT2D eigenvalue weighted by Gasteiger charge is -2.17. The highest BCUT2D eigenvalue weighted by Crippen LogP contribution is 2.18. The standard InChI is InChI=1S/C15H23NO2/c1-5-11(3)16-14-10-8-7-9-13(14)15(17)18-12(4)6-2/h7-12,16H,5-6H2,1-4H3. The fourth-order valence-electron chi connectivity index (χ4n) is 1.48.